The molecule has 0 bridgehead atoms. The third-order valence-corrected chi connectivity index (χ3v) is 12.7. The third kappa shape index (κ3) is 5.15. The van der Waals surface area contributed by atoms with E-state index in [1.54, 1.807) is 9.80 Å². The van der Waals surface area contributed by atoms with Gasteiger partial charge in [-0.3, -0.25) is 19.4 Å². The SMILES string of the molecule is CCN1C(=O)C(=C2C(=CC=C3N(C)c4ccc5ccccc5c4C3(C)C)CCC2=CC=C2N(C)c3ccc4ccccc4c3C2(C)C)C(=O)N(CC)C1=S. The highest BCUT2D eigenvalue weighted by Crippen LogP contribution is 2.52. The van der Waals surface area contributed by atoms with E-state index >= 15 is 0 Å². The summed E-state index contributed by atoms with van der Waals surface area (Å²) in [4.78, 5) is 36.4. The average molecular weight is 733 g/mol. The molecule has 4 aromatic rings. The highest BCUT2D eigenvalue weighted by atomic mass is 32.1. The van der Waals surface area contributed by atoms with Gasteiger partial charge in [-0.15, -0.1) is 0 Å². The van der Waals surface area contributed by atoms with Gasteiger partial charge in [-0.05, 0) is 113 Å². The van der Waals surface area contributed by atoms with Gasteiger partial charge in [-0.2, -0.15) is 0 Å². The largest absolute Gasteiger partial charge is 0.347 e. The fraction of sp³-hybridized carbons (Fsp3) is 0.298. The van der Waals surface area contributed by atoms with Crippen LogP contribution in [0.3, 0.4) is 0 Å². The Hall–Kier alpha value is -5.27. The summed E-state index contributed by atoms with van der Waals surface area (Å²) in [6.45, 7) is 13.7. The summed E-state index contributed by atoms with van der Waals surface area (Å²) in [5.41, 5.74) is 9.73. The Morgan fingerprint density at radius 2 is 1.00 bits per heavy atom. The zero-order chi connectivity index (χ0) is 38.3. The molecule has 0 unspecified atom stereocenters. The van der Waals surface area contributed by atoms with Gasteiger partial charge in [0.2, 0.25) is 0 Å². The van der Waals surface area contributed by atoms with Crippen LogP contribution >= 0.6 is 12.2 Å². The zero-order valence-corrected chi connectivity index (χ0v) is 33.4. The van der Waals surface area contributed by atoms with E-state index in [-0.39, 0.29) is 33.3 Å². The number of nitrogens with zero attached hydrogens (tertiary/aromatic N) is 4. The summed E-state index contributed by atoms with van der Waals surface area (Å²) in [6, 6.07) is 26.0. The molecule has 54 heavy (non-hydrogen) atoms. The molecule has 4 aliphatic rings. The maximum Gasteiger partial charge on any atom is 0.266 e. The van der Waals surface area contributed by atoms with E-state index in [9.17, 15) is 9.59 Å². The van der Waals surface area contributed by atoms with E-state index in [2.05, 4.69) is 149 Å². The molecule has 0 aromatic heterocycles. The number of rotatable bonds is 4. The Balaban J connectivity index is 1.28. The van der Waals surface area contributed by atoms with Crippen LogP contribution < -0.4 is 9.80 Å². The molecule has 1 saturated carbocycles. The topological polar surface area (TPSA) is 47.1 Å². The van der Waals surface area contributed by atoms with Crippen LogP contribution in [0.15, 0.2) is 131 Å². The smallest absolute Gasteiger partial charge is 0.266 e. The van der Waals surface area contributed by atoms with Crippen molar-refractivity contribution >= 4 is 62.1 Å². The number of allylic oxidation sites excluding steroid dienone is 9. The molecule has 0 atom stereocenters. The van der Waals surface area contributed by atoms with Crippen molar-refractivity contribution in [3.63, 3.8) is 0 Å². The molecule has 0 spiro atoms. The van der Waals surface area contributed by atoms with Crippen molar-refractivity contribution in [3.8, 4) is 0 Å². The minimum absolute atomic E-state index is 0.209. The molecule has 3 heterocycles. The summed E-state index contributed by atoms with van der Waals surface area (Å²) in [7, 11) is 4.26. The van der Waals surface area contributed by atoms with Crippen LogP contribution in [0.5, 0.6) is 0 Å². The second-order valence-electron chi connectivity index (χ2n) is 15.8. The van der Waals surface area contributed by atoms with Gasteiger partial charge in [0.25, 0.3) is 11.8 Å². The minimum Gasteiger partial charge on any atom is -0.347 e. The van der Waals surface area contributed by atoms with Crippen LogP contribution in [0.25, 0.3) is 21.5 Å². The number of fused-ring (bicyclic) bond motifs is 6. The van der Waals surface area contributed by atoms with E-state index in [0.29, 0.717) is 25.9 Å². The molecule has 2 fully saturated rings. The van der Waals surface area contributed by atoms with Gasteiger partial charge in [-0.1, -0.05) is 101 Å². The fourth-order valence-electron chi connectivity index (χ4n) is 9.58. The molecule has 0 radical (unpaired) electrons. The molecule has 3 aliphatic heterocycles. The summed E-state index contributed by atoms with van der Waals surface area (Å²) >= 11 is 5.68. The van der Waals surface area contributed by atoms with E-state index in [1.165, 1.54) is 44.0 Å². The zero-order valence-electron chi connectivity index (χ0n) is 32.6. The van der Waals surface area contributed by atoms with Crippen molar-refractivity contribution in [1.29, 1.82) is 0 Å². The number of anilines is 2. The summed E-state index contributed by atoms with van der Waals surface area (Å²) < 4.78 is 0. The highest BCUT2D eigenvalue weighted by Gasteiger charge is 2.44. The Morgan fingerprint density at radius 1 is 0.593 bits per heavy atom. The van der Waals surface area contributed by atoms with Gasteiger partial charge in [0.15, 0.2) is 5.11 Å². The van der Waals surface area contributed by atoms with Crippen molar-refractivity contribution in [2.24, 2.45) is 0 Å². The van der Waals surface area contributed by atoms with Gasteiger partial charge >= 0.3 is 0 Å². The third-order valence-electron chi connectivity index (χ3n) is 12.2. The molecule has 1 saturated heterocycles. The Morgan fingerprint density at radius 3 is 1.41 bits per heavy atom. The molecule has 2 amide bonds. The Bertz CT molecular complexity index is 2310. The molecule has 1 aliphatic carbocycles. The lowest BCUT2D eigenvalue weighted by Gasteiger charge is -2.36. The maximum absolute atomic E-state index is 14.3. The van der Waals surface area contributed by atoms with Crippen molar-refractivity contribution in [3.05, 3.63) is 142 Å². The van der Waals surface area contributed by atoms with Crippen molar-refractivity contribution in [1.82, 2.24) is 9.80 Å². The number of carbonyl (C=O) groups is 2. The van der Waals surface area contributed by atoms with Crippen LogP contribution in [0.4, 0.5) is 11.4 Å². The number of carbonyl (C=O) groups excluding carboxylic acids is 2. The molecular formula is C47H48N4O2S. The number of amides is 2. The monoisotopic (exact) mass is 732 g/mol. The number of likely N-dealkylation sites (N-methyl/N-ethyl adjacent to an activating group) is 4. The average Bonchev–Trinajstić information content (AvgIpc) is 3.70. The second-order valence-corrected chi connectivity index (χ2v) is 16.2. The summed E-state index contributed by atoms with van der Waals surface area (Å²) in [6.07, 6.45) is 10.2. The molecule has 8 rings (SSSR count). The first kappa shape index (κ1) is 35.7. The first-order chi connectivity index (χ1) is 25.8. The fourth-order valence-corrected chi connectivity index (χ4v) is 10.0. The first-order valence-corrected chi connectivity index (χ1v) is 19.5. The van der Waals surface area contributed by atoms with E-state index in [1.807, 2.05) is 13.8 Å². The van der Waals surface area contributed by atoms with Crippen molar-refractivity contribution in [2.45, 2.75) is 65.2 Å². The standard InChI is InChI=1S/C47H48N4O2S/c1-9-50-43(52)40(44(53)51(10-2)45(50)54)39-31(23-27-37-46(3,4)41-33-17-13-11-15-29(33)21-25-35(41)48(37)7)19-20-32(39)24-28-38-47(5,6)42-34-18-14-12-16-30(34)22-26-36(42)49(38)8/h11-18,21-28H,9-10,19-20H2,1-8H3. The predicted molar refractivity (Wildman–Crippen MR) is 227 cm³/mol. The van der Waals surface area contributed by atoms with Gasteiger partial charge in [0.05, 0.1) is 0 Å². The Kier molecular flexibility index (Phi) is 8.57. The van der Waals surface area contributed by atoms with Crippen molar-refractivity contribution < 1.29 is 9.59 Å². The van der Waals surface area contributed by atoms with Gasteiger partial charge in [0, 0.05) is 60.8 Å². The molecule has 7 heteroatoms. The van der Waals surface area contributed by atoms with Gasteiger partial charge in [0.1, 0.15) is 5.57 Å². The molecule has 274 valence electrons. The van der Waals surface area contributed by atoms with Crippen LogP contribution in [0.2, 0.25) is 0 Å². The lowest BCUT2D eigenvalue weighted by Crippen LogP contribution is -2.56. The number of benzene rings is 4. The lowest BCUT2D eigenvalue weighted by molar-refractivity contribution is -0.133. The van der Waals surface area contributed by atoms with E-state index < -0.39 is 0 Å². The quantitative estimate of drug-likeness (QED) is 0.119. The van der Waals surface area contributed by atoms with Gasteiger partial charge in [-0.25, -0.2) is 0 Å². The normalized spacial score (nSPS) is 22.4. The lowest BCUT2D eigenvalue weighted by atomic mass is 9.81. The Labute approximate surface area is 324 Å². The van der Waals surface area contributed by atoms with Crippen LogP contribution in [-0.4, -0.2) is 53.9 Å². The molecule has 4 aromatic carbocycles. The molecule has 6 nitrogen and oxygen atoms in total. The van der Waals surface area contributed by atoms with Crippen molar-refractivity contribution in [2.75, 3.05) is 37.0 Å². The van der Waals surface area contributed by atoms with E-state index in [4.69, 9.17) is 12.2 Å². The van der Waals surface area contributed by atoms with Crippen LogP contribution in [-0.2, 0) is 20.4 Å². The first-order valence-electron chi connectivity index (χ1n) is 19.1. The number of hydrogen-bond donors (Lipinski definition) is 0. The van der Waals surface area contributed by atoms with E-state index in [0.717, 1.165) is 28.1 Å². The molecule has 0 N–H and O–H groups in total. The van der Waals surface area contributed by atoms with Crippen LogP contribution in [0, 0.1) is 0 Å². The highest BCUT2D eigenvalue weighted by molar-refractivity contribution is 7.80. The number of thiocarbonyl (C=S) groups is 1. The maximum atomic E-state index is 14.3. The summed E-state index contributed by atoms with van der Waals surface area (Å²) in [5.74, 6) is -0.638. The minimum atomic E-state index is -0.319. The predicted octanol–water partition coefficient (Wildman–Crippen LogP) is 9.85. The molecular weight excluding hydrogens is 685 g/mol. The van der Waals surface area contributed by atoms with Gasteiger partial charge < -0.3 is 9.80 Å². The number of hydrogen-bond acceptors (Lipinski definition) is 5. The summed E-state index contributed by atoms with van der Waals surface area (Å²) in [5, 5.41) is 5.24. The van der Waals surface area contributed by atoms with Crippen LogP contribution in [0.1, 0.15) is 65.5 Å². The second kappa shape index (κ2) is 12.9.